The molecule has 4 N–H and O–H groups in total. The molecular formula is C34H32FN7O. The van der Waals surface area contributed by atoms with E-state index in [-0.39, 0.29) is 17.6 Å². The molecule has 0 saturated heterocycles. The van der Waals surface area contributed by atoms with Crippen molar-refractivity contribution in [1.82, 2.24) is 25.1 Å². The molecule has 1 saturated carbocycles. The molecule has 216 valence electrons. The molecule has 7 rings (SSSR count). The lowest BCUT2D eigenvalue weighted by atomic mass is 10.0. The van der Waals surface area contributed by atoms with Crippen molar-refractivity contribution in [3.8, 4) is 33.6 Å². The first-order chi connectivity index (χ1) is 20.9. The lowest BCUT2D eigenvalue weighted by Gasteiger charge is -2.13. The Morgan fingerprint density at radius 2 is 1.79 bits per heavy atom. The third kappa shape index (κ3) is 5.59. The number of aromatic amines is 2. The second-order valence-electron chi connectivity index (χ2n) is 11.5. The number of nitrogens with one attached hydrogen (secondary N) is 4. The van der Waals surface area contributed by atoms with E-state index in [4.69, 9.17) is 0 Å². The van der Waals surface area contributed by atoms with E-state index >= 15 is 0 Å². The van der Waals surface area contributed by atoms with Gasteiger partial charge < -0.3 is 20.5 Å². The number of fused-ring (bicyclic) bond motifs is 2. The van der Waals surface area contributed by atoms with Crippen LogP contribution in [0.15, 0.2) is 79.1 Å². The third-order valence-electron chi connectivity index (χ3n) is 7.87. The molecule has 6 aromatic rings. The molecule has 1 aliphatic carbocycles. The van der Waals surface area contributed by atoms with E-state index in [2.05, 4.69) is 47.8 Å². The fourth-order valence-corrected chi connectivity index (χ4v) is 5.46. The first kappa shape index (κ1) is 26.9. The van der Waals surface area contributed by atoms with E-state index in [0.29, 0.717) is 5.69 Å². The van der Waals surface area contributed by atoms with Crippen LogP contribution in [0.1, 0.15) is 12.8 Å². The molecule has 0 atom stereocenters. The van der Waals surface area contributed by atoms with Crippen molar-refractivity contribution in [1.29, 1.82) is 0 Å². The number of carbonyl (C=O) groups is 1. The van der Waals surface area contributed by atoms with Crippen LogP contribution in [0.3, 0.4) is 0 Å². The SMILES string of the molecule is CN(C)CCNc1cc(F)cc(-c2cccc3[nH]c(-c4n[nH]c5ccc(-c6cncc(NC(=O)C7CC7)c6)cc45)cc23)c1. The Balaban J connectivity index is 1.23. The van der Waals surface area contributed by atoms with Crippen molar-refractivity contribution in [3.63, 3.8) is 0 Å². The van der Waals surface area contributed by atoms with Crippen molar-refractivity contribution in [2.45, 2.75) is 12.8 Å². The Bertz CT molecular complexity index is 1970. The summed E-state index contributed by atoms with van der Waals surface area (Å²) >= 11 is 0. The Morgan fingerprint density at radius 3 is 2.63 bits per heavy atom. The van der Waals surface area contributed by atoms with Gasteiger partial charge in [0.25, 0.3) is 0 Å². The number of amides is 1. The summed E-state index contributed by atoms with van der Waals surface area (Å²) in [7, 11) is 4.02. The zero-order chi connectivity index (χ0) is 29.5. The molecule has 0 bridgehead atoms. The second kappa shape index (κ2) is 11.0. The molecule has 1 aliphatic rings. The Kier molecular flexibility index (Phi) is 6.87. The van der Waals surface area contributed by atoms with Crippen LogP contribution in [0.5, 0.6) is 0 Å². The summed E-state index contributed by atoms with van der Waals surface area (Å²) in [6.07, 6.45) is 5.37. The highest BCUT2D eigenvalue weighted by atomic mass is 19.1. The van der Waals surface area contributed by atoms with Gasteiger partial charge in [-0.25, -0.2) is 4.39 Å². The van der Waals surface area contributed by atoms with E-state index in [1.807, 2.05) is 56.6 Å². The van der Waals surface area contributed by atoms with Gasteiger partial charge in [-0.2, -0.15) is 5.10 Å². The minimum absolute atomic E-state index is 0.0553. The second-order valence-corrected chi connectivity index (χ2v) is 11.5. The minimum Gasteiger partial charge on any atom is -0.384 e. The maximum Gasteiger partial charge on any atom is 0.227 e. The van der Waals surface area contributed by atoms with Crippen LogP contribution in [0.25, 0.3) is 55.4 Å². The molecule has 3 aromatic carbocycles. The van der Waals surface area contributed by atoms with E-state index in [1.165, 1.54) is 6.07 Å². The minimum atomic E-state index is -0.283. The van der Waals surface area contributed by atoms with Crippen molar-refractivity contribution >= 4 is 39.1 Å². The summed E-state index contributed by atoms with van der Waals surface area (Å²) < 4.78 is 14.7. The number of nitrogens with zero attached hydrogens (tertiary/aromatic N) is 3. The van der Waals surface area contributed by atoms with Gasteiger partial charge in [-0.05, 0) is 92.2 Å². The number of benzene rings is 3. The van der Waals surface area contributed by atoms with Gasteiger partial charge in [-0.15, -0.1) is 0 Å². The van der Waals surface area contributed by atoms with Gasteiger partial charge in [0.1, 0.15) is 11.5 Å². The molecule has 1 amide bonds. The number of likely N-dealkylation sites (N-methyl/N-ethyl adjacent to an activating group) is 1. The Morgan fingerprint density at radius 1 is 0.930 bits per heavy atom. The summed E-state index contributed by atoms with van der Waals surface area (Å²) in [6, 6.07) is 21.2. The molecule has 3 heterocycles. The number of anilines is 2. The van der Waals surface area contributed by atoms with E-state index in [9.17, 15) is 9.18 Å². The lowest BCUT2D eigenvalue weighted by molar-refractivity contribution is -0.117. The number of rotatable bonds is 9. The first-order valence-corrected chi connectivity index (χ1v) is 14.5. The summed E-state index contributed by atoms with van der Waals surface area (Å²) in [5.74, 6) is -0.105. The fraction of sp³-hybridized carbons (Fsp3) is 0.206. The number of carbonyl (C=O) groups excluding carboxylic acids is 1. The predicted octanol–water partition coefficient (Wildman–Crippen LogP) is 6.90. The van der Waals surface area contributed by atoms with Crippen LogP contribution in [0.4, 0.5) is 15.8 Å². The molecule has 0 unspecified atom stereocenters. The summed E-state index contributed by atoms with van der Waals surface area (Å²) in [5.41, 5.74) is 8.55. The molecule has 9 heteroatoms. The topological polar surface area (TPSA) is 102 Å². The van der Waals surface area contributed by atoms with E-state index in [0.717, 1.165) is 87.1 Å². The van der Waals surface area contributed by atoms with Crippen LogP contribution in [-0.2, 0) is 4.79 Å². The smallest absolute Gasteiger partial charge is 0.227 e. The quantitative estimate of drug-likeness (QED) is 0.151. The van der Waals surface area contributed by atoms with Crippen molar-refractivity contribution in [3.05, 3.63) is 84.9 Å². The number of halogens is 1. The van der Waals surface area contributed by atoms with Gasteiger partial charge >= 0.3 is 0 Å². The zero-order valence-electron chi connectivity index (χ0n) is 24.0. The molecule has 43 heavy (non-hydrogen) atoms. The molecular weight excluding hydrogens is 541 g/mol. The summed E-state index contributed by atoms with van der Waals surface area (Å²) in [6.45, 7) is 1.57. The van der Waals surface area contributed by atoms with Gasteiger partial charge in [-0.3, -0.25) is 14.9 Å². The molecule has 8 nitrogen and oxygen atoms in total. The normalized spacial score (nSPS) is 13.2. The van der Waals surface area contributed by atoms with Gasteiger partial charge in [-0.1, -0.05) is 18.2 Å². The van der Waals surface area contributed by atoms with Crippen molar-refractivity contribution in [2.75, 3.05) is 37.8 Å². The third-order valence-corrected chi connectivity index (χ3v) is 7.87. The Hall–Kier alpha value is -5.02. The summed E-state index contributed by atoms with van der Waals surface area (Å²) in [4.78, 5) is 22.2. The molecule has 0 radical (unpaired) electrons. The van der Waals surface area contributed by atoms with Gasteiger partial charge in [0.15, 0.2) is 0 Å². The molecule has 0 spiro atoms. The van der Waals surface area contributed by atoms with Crippen molar-refractivity contribution < 1.29 is 9.18 Å². The summed E-state index contributed by atoms with van der Waals surface area (Å²) in [5, 5.41) is 16.1. The number of hydrogen-bond donors (Lipinski definition) is 4. The zero-order valence-corrected chi connectivity index (χ0v) is 24.0. The van der Waals surface area contributed by atoms with Gasteiger partial charge in [0.2, 0.25) is 5.91 Å². The van der Waals surface area contributed by atoms with E-state index in [1.54, 1.807) is 18.5 Å². The number of hydrogen-bond acceptors (Lipinski definition) is 5. The molecule has 0 aliphatic heterocycles. The monoisotopic (exact) mass is 573 g/mol. The first-order valence-electron chi connectivity index (χ1n) is 14.5. The highest BCUT2D eigenvalue weighted by molar-refractivity contribution is 6.02. The highest BCUT2D eigenvalue weighted by Gasteiger charge is 2.29. The lowest BCUT2D eigenvalue weighted by Crippen LogP contribution is -2.20. The average molecular weight is 574 g/mol. The highest BCUT2D eigenvalue weighted by Crippen LogP contribution is 2.36. The predicted molar refractivity (Wildman–Crippen MR) is 170 cm³/mol. The van der Waals surface area contributed by atoms with Crippen LogP contribution in [0, 0.1) is 11.7 Å². The van der Waals surface area contributed by atoms with E-state index < -0.39 is 0 Å². The van der Waals surface area contributed by atoms with Crippen molar-refractivity contribution in [2.24, 2.45) is 5.92 Å². The van der Waals surface area contributed by atoms with Gasteiger partial charge in [0.05, 0.1) is 23.1 Å². The number of H-pyrrole nitrogens is 2. The maximum absolute atomic E-state index is 14.7. The Labute approximate surface area is 248 Å². The largest absolute Gasteiger partial charge is 0.384 e. The maximum atomic E-state index is 14.7. The van der Waals surface area contributed by atoms with Crippen LogP contribution in [-0.4, -0.2) is 58.2 Å². The standard InChI is InChI=1S/C34H32FN7O/c1-42(2)11-10-37-25-13-22(12-24(35)16-25)27-4-3-5-30-28(27)17-32(39-30)33-29-15-21(8-9-31(29)40-41-33)23-14-26(19-36-18-23)38-34(43)20-6-7-20/h3-5,8-9,12-20,37,39H,6-7,10-11H2,1-2H3,(H,38,43)(H,40,41). The number of aromatic nitrogens is 4. The van der Waals surface area contributed by atoms with Crippen LogP contribution < -0.4 is 10.6 Å². The van der Waals surface area contributed by atoms with Crippen LogP contribution >= 0.6 is 0 Å². The average Bonchev–Trinajstić information content (AvgIpc) is 3.62. The fourth-order valence-electron chi connectivity index (χ4n) is 5.46. The molecule has 3 aromatic heterocycles. The van der Waals surface area contributed by atoms with Crippen LogP contribution in [0.2, 0.25) is 0 Å². The molecule has 1 fully saturated rings. The van der Waals surface area contributed by atoms with Gasteiger partial charge in [0, 0.05) is 52.7 Å². The number of pyridine rings is 1.